The summed E-state index contributed by atoms with van der Waals surface area (Å²) < 4.78 is 5.58. The Balaban J connectivity index is 1.96. The molecule has 2 fully saturated rings. The van der Waals surface area contributed by atoms with E-state index < -0.39 is 5.60 Å². The minimum Gasteiger partial charge on any atom is -0.444 e. The van der Waals surface area contributed by atoms with E-state index in [9.17, 15) is 9.59 Å². The number of piperidine rings is 1. The molecular formula is C21H39N5O3. The highest BCUT2D eigenvalue weighted by Gasteiger charge is 2.31. The molecule has 2 rings (SSSR count). The van der Waals surface area contributed by atoms with Crippen molar-refractivity contribution >= 4 is 18.0 Å². The molecule has 0 radical (unpaired) electrons. The molecule has 0 saturated carbocycles. The van der Waals surface area contributed by atoms with E-state index in [1.807, 2.05) is 44.4 Å². The summed E-state index contributed by atoms with van der Waals surface area (Å²) in [5, 5.41) is 6.75. The van der Waals surface area contributed by atoms with Crippen molar-refractivity contribution < 1.29 is 14.3 Å². The van der Waals surface area contributed by atoms with Crippen molar-refractivity contribution in [1.82, 2.24) is 20.4 Å². The lowest BCUT2D eigenvalue weighted by Crippen LogP contribution is -2.49. The minimum absolute atomic E-state index is 0.0517. The molecule has 166 valence electrons. The second kappa shape index (κ2) is 10.7. The van der Waals surface area contributed by atoms with Crippen molar-refractivity contribution in [1.29, 1.82) is 0 Å². The standard InChI is InChI=1S/C21H39N5O3/c1-6-18(27)25-13-11-16(15-25)24-19(22-7-2)23-14-17-10-8-9-12-26(17)20(28)29-21(3,4)5/h16-17H,6-15H2,1-5H3,(H2,22,23,24). The van der Waals surface area contributed by atoms with Gasteiger partial charge in [-0.05, 0) is 53.4 Å². The summed E-state index contributed by atoms with van der Waals surface area (Å²) in [5.41, 5.74) is -0.497. The van der Waals surface area contributed by atoms with Crippen LogP contribution in [-0.2, 0) is 9.53 Å². The van der Waals surface area contributed by atoms with Gasteiger partial charge in [-0.15, -0.1) is 0 Å². The van der Waals surface area contributed by atoms with Crippen molar-refractivity contribution in [2.24, 2.45) is 4.99 Å². The van der Waals surface area contributed by atoms with Crippen LogP contribution in [0.15, 0.2) is 4.99 Å². The molecule has 0 bridgehead atoms. The van der Waals surface area contributed by atoms with Crippen molar-refractivity contribution in [3.05, 3.63) is 0 Å². The summed E-state index contributed by atoms with van der Waals surface area (Å²) in [4.78, 5) is 33.0. The van der Waals surface area contributed by atoms with Crippen LogP contribution in [0.25, 0.3) is 0 Å². The SMILES string of the molecule is CCNC(=NCC1CCCCN1C(=O)OC(C)(C)C)NC1CCN(C(=O)CC)C1. The molecule has 2 N–H and O–H groups in total. The third kappa shape index (κ3) is 7.40. The highest BCUT2D eigenvalue weighted by atomic mass is 16.6. The molecule has 2 aliphatic rings. The van der Waals surface area contributed by atoms with Crippen molar-refractivity contribution in [2.75, 3.05) is 32.7 Å². The zero-order valence-electron chi connectivity index (χ0n) is 18.8. The second-order valence-electron chi connectivity index (χ2n) is 8.87. The van der Waals surface area contributed by atoms with Gasteiger partial charge in [0.2, 0.25) is 5.91 Å². The van der Waals surface area contributed by atoms with Crippen LogP contribution in [0, 0.1) is 0 Å². The van der Waals surface area contributed by atoms with Gasteiger partial charge in [-0.25, -0.2) is 4.79 Å². The topological polar surface area (TPSA) is 86.3 Å². The number of hydrogen-bond donors (Lipinski definition) is 2. The average molecular weight is 410 g/mol. The molecule has 0 aromatic heterocycles. The molecule has 0 aromatic carbocycles. The van der Waals surface area contributed by atoms with Crippen LogP contribution in [0.4, 0.5) is 4.79 Å². The first-order valence-electron chi connectivity index (χ1n) is 11.1. The molecule has 2 atom stereocenters. The van der Waals surface area contributed by atoms with Crippen molar-refractivity contribution in [2.45, 2.75) is 84.4 Å². The number of aliphatic imine (C=N–C) groups is 1. The molecule has 2 unspecified atom stereocenters. The Morgan fingerprint density at radius 1 is 1.14 bits per heavy atom. The molecule has 8 nitrogen and oxygen atoms in total. The summed E-state index contributed by atoms with van der Waals surface area (Å²) in [5.74, 6) is 0.949. The maximum absolute atomic E-state index is 12.6. The van der Waals surface area contributed by atoms with Gasteiger partial charge in [0.25, 0.3) is 0 Å². The van der Waals surface area contributed by atoms with Crippen LogP contribution >= 0.6 is 0 Å². The molecule has 2 aliphatic heterocycles. The molecule has 2 saturated heterocycles. The fourth-order valence-corrected chi connectivity index (χ4v) is 3.79. The number of likely N-dealkylation sites (tertiary alicyclic amines) is 2. The Kier molecular flexibility index (Phi) is 8.59. The predicted octanol–water partition coefficient (Wildman–Crippen LogP) is 2.34. The number of carbonyl (C=O) groups excluding carboxylic acids is 2. The normalized spacial score (nSPS) is 23.1. The van der Waals surface area contributed by atoms with Crippen LogP contribution in [0.1, 0.15) is 66.7 Å². The second-order valence-corrected chi connectivity index (χ2v) is 8.87. The highest BCUT2D eigenvalue weighted by Crippen LogP contribution is 2.20. The smallest absolute Gasteiger partial charge is 0.410 e. The van der Waals surface area contributed by atoms with E-state index >= 15 is 0 Å². The van der Waals surface area contributed by atoms with E-state index in [4.69, 9.17) is 9.73 Å². The number of carbonyl (C=O) groups is 2. The van der Waals surface area contributed by atoms with Gasteiger partial charge in [0.1, 0.15) is 5.60 Å². The third-order valence-corrected chi connectivity index (χ3v) is 5.24. The van der Waals surface area contributed by atoms with E-state index in [0.29, 0.717) is 19.5 Å². The summed E-state index contributed by atoms with van der Waals surface area (Å²) in [6.07, 6.45) is 4.25. The maximum atomic E-state index is 12.6. The Labute approximate surface area is 175 Å². The summed E-state index contributed by atoms with van der Waals surface area (Å²) >= 11 is 0. The Morgan fingerprint density at radius 3 is 2.55 bits per heavy atom. The number of nitrogens with zero attached hydrogens (tertiary/aromatic N) is 3. The molecule has 0 spiro atoms. The fraction of sp³-hybridized carbons (Fsp3) is 0.857. The summed E-state index contributed by atoms with van der Waals surface area (Å²) in [7, 11) is 0. The molecular weight excluding hydrogens is 370 g/mol. The molecule has 8 heteroatoms. The molecule has 2 heterocycles. The van der Waals surface area contributed by atoms with E-state index in [1.165, 1.54) is 0 Å². The molecule has 2 amide bonds. The largest absolute Gasteiger partial charge is 0.444 e. The van der Waals surface area contributed by atoms with E-state index in [2.05, 4.69) is 10.6 Å². The van der Waals surface area contributed by atoms with E-state index in [0.717, 1.165) is 51.3 Å². The summed E-state index contributed by atoms with van der Waals surface area (Å²) in [6.45, 7) is 13.1. The van der Waals surface area contributed by atoms with Gasteiger partial charge in [-0.3, -0.25) is 9.79 Å². The van der Waals surface area contributed by atoms with Gasteiger partial charge in [0.05, 0.1) is 12.6 Å². The fourth-order valence-electron chi connectivity index (χ4n) is 3.79. The van der Waals surface area contributed by atoms with Crippen molar-refractivity contribution in [3.63, 3.8) is 0 Å². The van der Waals surface area contributed by atoms with Gasteiger partial charge in [0.15, 0.2) is 5.96 Å². The lowest BCUT2D eigenvalue weighted by molar-refractivity contribution is -0.129. The number of hydrogen-bond acceptors (Lipinski definition) is 4. The van der Waals surface area contributed by atoms with Crippen molar-refractivity contribution in [3.8, 4) is 0 Å². The highest BCUT2D eigenvalue weighted by molar-refractivity contribution is 5.80. The van der Waals surface area contributed by atoms with Crippen LogP contribution < -0.4 is 10.6 Å². The quantitative estimate of drug-likeness (QED) is 0.538. The lowest BCUT2D eigenvalue weighted by atomic mass is 10.0. The van der Waals surface area contributed by atoms with Gasteiger partial charge < -0.3 is 25.2 Å². The zero-order chi connectivity index (χ0) is 21.4. The first-order chi connectivity index (χ1) is 13.7. The first kappa shape index (κ1) is 23.3. The van der Waals surface area contributed by atoms with E-state index in [1.54, 1.807) is 0 Å². The molecule has 0 aromatic rings. The minimum atomic E-state index is -0.497. The Hall–Kier alpha value is -1.99. The van der Waals surface area contributed by atoms with Crippen LogP contribution in [0.3, 0.4) is 0 Å². The average Bonchev–Trinajstić information content (AvgIpc) is 3.13. The Morgan fingerprint density at radius 2 is 1.90 bits per heavy atom. The van der Waals surface area contributed by atoms with Crippen LogP contribution in [-0.4, -0.2) is 78.2 Å². The lowest BCUT2D eigenvalue weighted by Gasteiger charge is -2.36. The van der Waals surface area contributed by atoms with Gasteiger partial charge in [-0.2, -0.15) is 0 Å². The zero-order valence-corrected chi connectivity index (χ0v) is 18.8. The van der Waals surface area contributed by atoms with Gasteiger partial charge >= 0.3 is 6.09 Å². The summed E-state index contributed by atoms with van der Waals surface area (Å²) in [6, 6.07) is 0.257. The number of guanidine groups is 1. The molecule has 29 heavy (non-hydrogen) atoms. The maximum Gasteiger partial charge on any atom is 0.410 e. The number of nitrogens with one attached hydrogen (secondary N) is 2. The van der Waals surface area contributed by atoms with Gasteiger partial charge in [-0.1, -0.05) is 6.92 Å². The number of amides is 2. The first-order valence-corrected chi connectivity index (χ1v) is 11.1. The van der Waals surface area contributed by atoms with E-state index in [-0.39, 0.29) is 24.1 Å². The monoisotopic (exact) mass is 409 g/mol. The van der Waals surface area contributed by atoms with Gasteiger partial charge in [0, 0.05) is 38.6 Å². The Bertz CT molecular complexity index is 587. The van der Waals surface area contributed by atoms with Crippen LogP contribution in [0.2, 0.25) is 0 Å². The third-order valence-electron chi connectivity index (χ3n) is 5.24. The molecule has 0 aliphatic carbocycles. The predicted molar refractivity (Wildman–Crippen MR) is 115 cm³/mol. The van der Waals surface area contributed by atoms with Crippen LogP contribution in [0.5, 0.6) is 0 Å². The number of rotatable bonds is 5. The number of ether oxygens (including phenoxy) is 1.